The fourth-order valence-electron chi connectivity index (χ4n) is 1.56. The van der Waals surface area contributed by atoms with E-state index in [1.54, 1.807) is 19.1 Å². The van der Waals surface area contributed by atoms with Crippen molar-refractivity contribution >= 4 is 31.1 Å². The predicted molar refractivity (Wildman–Crippen MR) is 73.5 cm³/mol. The highest BCUT2D eigenvalue weighted by Gasteiger charge is 2.20. The van der Waals surface area contributed by atoms with E-state index >= 15 is 0 Å². The Labute approximate surface area is 118 Å². The molecular weight excluding hydrogens is 310 g/mol. The Hall–Kier alpha value is -1.31. The first-order valence-electron chi connectivity index (χ1n) is 5.12. The molecule has 0 radical (unpaired) electrons. The van der Waals surface area contributed by atoms with Gasteiger partial charge in [0.1, 0.15) is 5.01 Å². The summed E-state index contributed by atoms with van der Waals surface area (Å²) < 4.78 is 27.6. The van der Waals surface area contributed by atoms with Gasteiger partial charge in [0.15, 0.2) is 15.7 Å². The summed E-state index contributed by atoms with van der Waals surface area (Å²) in [7, 11) is 2.96. The molecule has 0 aliphatic rings. The number of thiazole rings is 1. The van der Waals surface area contributed by atoms with Crippen LogP contribution in [0.3, 0.4) is 0 Å². The van der Waals surface area contributed by atoms with E-state index in [1.807, 2.05) is 0 Å². The zero-order valence-corrected chi connectivity index (χ0v) is 12.4. The lowest BCUT2D eigenvalue weighted by Crippen LogP contribution is -1.88. The van der Waals surface area contributed by atoms with Gasteiger partial charge in [-0.05, 0) is 25.1 Å². The minimum atomic E-state index is -3.80. The molecule has 0 spiro atoms. The zero-order valence-electron chi connectivity index (χ0n) is 10.0. The van der Waals surface area contributed by atoms with E-state index in [0.29, 0.717) is 22.0 Å². The average molecular weight is 320 g/mol. The summed E-state index contributed by atoms with van der Waals surface area (Å²) >= 11 is 0.959. The number of benzene rings is 1. The number of aryl methyl sites for hydroxylation is 1. The number of ether oxygens (including phenoxy) is 1. The Kier molecular flexibility index (Phi) is 3.71. The van der Waals surface area contributed by atoms with Gasteiger partial charge in [-0.15, -0.1) is 11.3 Å². The fourth-order valence-corrected chi connectivity index (χ4v) is 4.00. The van der Waals surface area contributed by atoms with E-state index in [0.717, 1.165) is 11.3 Å². The largest absolute Gasteiger partial charge is 0.504 e. The number of hydrogen-bond donors (Lipinski definition) is 1. The molecule has 0 aliphatic carbocycles. The number of nitrogens with zero attached hydrogens (tertiary/aromatic N) is 1. The molecule has 0 bridgehead atoms. The number of methoxy groups -OCH3 is 1. The van der Waals surface area contributed by atoms with Crippen molar-refractivity contribution in [2.24, 2.45) is 0 Å². The van der Waals surface area contributed by atoms with Crippen molar-refractivity contribution in [3.05, 3.63) is 23.9 Å². The Morgan fingerprint density at radius 1 is 1.42 bits per heavy atom. The maximum absolute atomic E-state index is 11.3. The number of halogens is 1. The summed E-state index contributed by atoms with van der Waals surface area (Å²) in [6.07, 6.45) is 0. The van der Waals surface area contributed by atoms with E-state index in [9.17, 15) is 13.5 Å². The first-order valence-corrected chi connectivity index (χ1v) is 8.25. The molecule has 5 nitrogen and oxygen atoms in total. The summed E-state index contributed by atoms with van der Waals surface area (Å²) in [6, 6.07) is 4.72. The third-order valence-electron chi connectivity index (χ3n) is 2.40. The number of phenols is 1. The molecule has 0 saturated carbocycles. The number of phenolic OH excluding ortho intramolecular Hbond substituents is 1. The molecule has 0 fully saturated rings. The molecule has 0 unspecified atom stereocenters. The van der Waals surface area contributed by atoms with Crippen LogP contribution in [0.15, 0.2) is 22.4 Å². The molecule has 0 saturated heterocycles. The van der Waals surface area contributed by atoms with Gasteiger partial charge < -0.3 is 9.84 Å². The molecule has 1 N–H and O–H groups in total. The van der Waals surface area contributed by atoms with E-state index < -0.39 is 9.05 Å². The van der Waals surface area contributed by atoms with Gasteiger partial charge in [-0.3, -0.25) is 0 Å². The summed E-state index contributed by atoms with van der Waals surface area (Å²) in [5, 5.41) is 10.2. The van der Waals surface area contributed by atoms with Crippen molar-refractivity contribution in [3.63, 3.8) is 0 Å². The second kappa shape index (κ2) is 4.99. The van der Waals surface area contributed by atoms with Crippen molar-refractivity contribution in [2.75, 3.05) is 7.11 Å². The number of aromatic hydroxyl groups is 1. The Morgan fingerprint density at radius 3 is 2.58 bits per heavy atom. The van der Waals surface area contributed by atoms with Gasteiger partial charge in [-0.1, -0.05) is 0 Å². The Bertz CT molecular complexity index is 724. The molecule has 0 aliphatic heterocycles. The molecule has 1 aromatic heterocycles. The molecule has 1 aromatic carbocycles. The highest BCUT2D eigenvalue weighted by molar-refractivity contribution is 8.15. The maximum atomic E-state index is 11.3. The smallest absolute Gasteiger partial charge is 0.272 e. The van der Waals surface area contributed by atoms with Crippen LogP contribution in [0.2, 0.25) is 0 Å². The topological polar surface area (TPSA) is 76.5 Å². The van der Waals surface area contributed by atoms with E-state index in [-0.39, 0.29) is 9.96 Å². The average Bonchev–Trinajstić information content (AvgIpc) is 2.71. The predicted octanol–water partition coefficient (Wildman–Crippen LogP) is 2.76. The van der Waals surface area contributed by atoms with Crippen LogP contribution in [-0.2, 0) is 9.05 Å². The van der Waals surface area contributed by atoms with Crippen molar-refractivity contribution < 1.29 is 18.3 Å². The van der Waals surface area contributed by atoms with E-state index in [1.165, 1.54) is 13.2 Å². The van der Waals surface area contributed by atoms with Crippen molar-refractivity contribution in [3.8, 4) is 22.1 Å². The molecule has 102 valence electrons. The van der Waals surface area contributed by atoms with Crippen LogP contribution in [0.25, 0.3) is 10.6 Å². The van der Waals surface area contributed by atoms with Crippen LogP contribution < -0.4 is 4.74 Å². The molecule has 0 amide bonds. The summed E-state index contributed by atoms with van der Waals surface area (Å²) in [4.78, 5) is 4.15. The molecule has 1 heterocycles. The van der Waals surface area contributed by atoms with E-state index in [4.69, 9.17) is 15.4 Å². The van der Waals surface area contributed by atoms with Crippen LogP contribution in [0.1, 0.15) is 5.69 Å². The second-order valence-corrected chi connectivity index (χ2v) is 7.48. The van der Waals surface area contributed by atoms with Crippen molar-refractivity contribution in [2.45, 2.75) is 11.1 Å². The van der Waals surface area contributed by atoms with Gasteiger partial charge in [-0.2, -0.15) is 0 Å². The van der Waals surface area contributed by atoms with Crippen molar-refractivity contribution in [1.29, 1.82) is 0 Å². The number of rotatable bonds is 3. The lowest BCUT2D eigenvalue weighted by Gasteiger charge is -2.03. The van der Waals surface area contributed by atoms with Crippen LogP contribution in [0, 0.1) is 6.92 Å². The molecule has 8 heteroatoms. The van der Waals surface area contributed by atoms with Gasteiger partial charge in [0, 0.05) is 16.2 Å². The summed E-state index contributed by atoms with van der Waals surface area (Å²) in [5.41, 5.74) is 0.934. The quantitative estimate of drug-likeness (QED) is 0.880. The van der Waals surface area contributed by atoms with Crippen LogP contribution in [0.5, 0.6) is 11.5 Å². The monoisotopic (exact) mass is 319 g/mol. The lowest BCUT2D eigenvalue weighted by atomic mass is 10.2. The van der Waals surface area contributed by atoms with Crippen molar-refractivity contribution in [1.82, 2.24) is 4.98 Å². The van der Waals surface area contributed by atoms with E-state index in [2.05, 4.69) is 4.98 Å². The fraction of sp³-hybridized carbons (Fsp3) is 0.182. The van der Waals surface area contributed by atoms with Crippen LogP contribution in [-0.4, -0.2) is 25.6 Å². The number of hydrogen-bond acceptors (Lipinski definition) is 6. The standard InChI is InChI=1S/C11H10ClNO4S2/c1-6-11(19(12,15)16)18-10(13-6)7-3-4-9(17-2)8(14)5-7/h3-5,14H,1-2H3. The minimum absolute atomic E-state index is 0.0134. The van der Waals surface area contributed by atoms with Gasteiger partial charge in [0.05, 0.1) is 12.8 Å². The molecule has 2 aromatic rings. The normalized spacial score (nSPS) is 11.5. The third kappa shape index (κ3) is 2.83. The molecule has 0 atom stereocenters. The van der Waals surface area contributed by atoms with Crippen LogP contribution >= 0.6 is 22.0 Å². The van der Waals surface area contributed by atoms with Gasteiger partial charge >= 0.3 is 0 Å². The first-order chi connectivity index (χ1) is 8.82. The Morgan fingerprint density at radius 2 is 2.11 bits per heavy atom. The highest BCUT2D eigenvalue weighted by atomic mass is 35.7. The molecule has 19 heavy (non-hydrogen) atoms. The SMILES string of the molecule is COc1ccc(-c2nc(C)c(S(=O)(=O)Cl)s2)cc1O. The first kappa shape index (κ1) is 14.1. The van der Waals surface area contributed by atoms with Gasteiger partial charge in [0.2, 0.25) is 0 Å². The van der Waals surface area contributed by atoms with Crippen LogP contribution in [0.4, 0.5) is 0 Å². The molecular formula is C11H10ClNO4S2. The summed E-state index contributed by atoms with van der Waals surface area (Å²) in [6.45, 7) is 1.57. The summed E-state index contributed by atoms with van der Waals surface area (Å²) in [5.74, 6) is 0.297. The zero-order chi connectivity index (χ0) is 14.2. The van der Waals surface area contributed by atoms with Gasteiger partial charge in [0.25, 0.3) is 9.05 Å². The van der Waals surface area contributed by atoms with Gasteiger partial charge in [-0.25, -0.2) is 13.4 Å². The lowest BCUT2D eigenvalue weighted by molar-refractivity contribution is 0.373. The Balaban J connectivity index is 2.52. The molecule has 2 rings (SSSR count). The minimum Gasteiger partial charge on any atom is -0.504 e. The number of aromatic nitrogens is 1. The second-order valence-electron chi connectivity index (χ2n) is 3.72. The maximum Gasteiger partial charge on any atom is 0.272 e. The highest BCUT2D eigenvalue weighted by Crippen LogP contribution is 2.36. The third-order valence-corrected chi connectivity index (χ3v) is 5.79.